The topological polar surface area (TPSA) is 42.0 Å². The molecule has 5 nitrogen and oxygen atoms in total. The molecule has 1 aliphatic heterocycles. The van der Waals surface area contributed by atoms with Gasteiger partial charge in [0.15, 0.2) is 0 Å². The van der Waals surface area contributed by atoms with E-state index in [-0.39, 0.29) is 5.91 Å². The molecular formula is C18H28N2O3. The molecule has 0 N–H and O–H groups in total. The van der Waals surface area contributed by atoms with Crippen molar-refractivity contribution in [2.24, 2.45) is 0 Å². The van der Waals surface area contributed by atoms with E-state index >= 15 is 0 Å². The summed E-state index contributed by atoms with van der Waals surface area (Å²) in [6.45, 7) is 4.63. The standard InChI is InChI=1S/C18H28N2O3/c1-13-7-6-8-14(2)20(13)18(21)12-19(3)16-10-9-15(22-4)11-17(16)23-5/h9-11,13-14H,6-8,12H2,1-5H3. The van der Waals surface area contributed by atoms with Crippen LogP contribution in [0.15, 0.2) is 18.2 Å². The molecule has 0 saturated carbocycles. The minimum atomic E-state index is 0.171. The summed E-state index contributed by atoms with van der Waals surface area (Å²) in [6.07, 6.45) is 3.38. The first kappa shape index (κ1) is 17.4. The number of rotatable bonds is 5. The number of likely N-dealkylation sites (tertiary alicyclic amines) is 1. The zero-order valence-electron chi connectivity index (χ0n) is 14.8. The molecule has 1 aromatic rings. The van der Waals surface area contributed by atoms with Gasteiger partial charge in [-0.2, -0.15) is 0 Å². The van der Waals surface area contributed by atoms with Crippen LogP contribution in [0.4, 0.5) is 5.69 Å². The number of methoxy groups -OCH3 is 2. The van der Waals surface area contributed by atoms with Crippen LogP contribution < -0.4 is 14.4 Å². The lowest BCUT2D eigenvalue weighted by Crippen LogP contribution is -2.50. The fourth-order valence-corrected chi connectivity index (χ4v) is 3.38. The Kier molecular flexibility index (Phi) is 5.74. The lowest BCUT2D eigenvalue weighted by molar-refractivity contribution is -0.135. The van der Waals surface area contributed by atoms with Crippen molar-refractivity contribution in [3.8, 4) is 11.5 Å². The fourth-order valence-electron chi connectivity index (χ4n) is 3.38. The van der Waals surface area contributed by atoms with Crippen molar-refractivity contribution in [1.29, 1.82) is 0 Å². The molecule has 0 aromatic heterocycles. The maximum absolute atomic E-state index is 12.7. The maximum Gasteiger partial charge on any atom is 0.242 e. The van der Waals surface area contributed by atoms with Crippen molar-refractivity contribution in [2.75, 3.05) is 32.7 Å². The highest BCUT2D eigenvalue weighted by Crippen LogP contribution is 2.32. The highest BCUT2D eigenvalue weighted by molar-refractivity contribution is 5.82. The second-order valence-corrected chi connectivity index (χ2v) is 6.32. The van der Waals surface area contributed by atoms with Gasteiger partial charge in [0.1, 0.15) is 11.5 Å². The summed E-state index contributed by atoms with van der Waals surface area (Å²) < 4.78 is 10.7. The number of anilines is 1. The summed E-state index contributed by atoms with van der Waals surface area (Å²) in [7, 11) is 5.17. The normalized spacial score (nSPS) is 21.0. The molecule has 1 aromatic carbocycles. The molecule has 23 heavy (non-hydrogen) atoms. The Morgan fingerprint density at radius 1 is 1.22 bits per heavy atom. The van der Waals surface area contributed by atoms with E-state index < -0.39 is 0 Å². The van der Waals surface area contributed by atoms with E-state index in [1.807, 2.05) is 35.0 Å². The van der Waals surface area contributed by atoms with E-state index in [2.05, 4.69) is 13.8 Å². The van der Waals surface area contributed by atoms with Crippen LogP contribution in [0.5, 0.6) is 11.5 Å². The Labute approximate surface area is 139 Å². The van der Waals surface area contributed by atoms with Gasteiger partial charge in [-0.25, -0.2) is 0 Å². The molecule has 1 aliphatic rings. The van der Waals surface area contributed by atoms with Crippen LogP contribution >= 0.6 is 0 Å². The molecule has 128 valence electrons. The molecule has 0 bridgehead atoms. The smallest absolute Gasteiger partial charge is 0.242 e. The molecule has 1 amide bonds. The van der Waals surface area contributed by atoms with E-state index in [0.29, 0.717) is 24.4 Å². The Hall–Kier alpha value is -1.91. The van der Waals surface area contributed by atoms with Gasteiger partial charge in [0.25, 0.3) is 0 Å². The minimum Gasteiger partial charge on any atom is -0.497 e. The SMILES string of the molecule is COc1ccc(N(C)CC(=O)N2C(C)CCCC2C)c(OC)c1. The number of carbonyl (C=O) groups excluding carboxylic acids is 1. The molecular weight excluding hydrogens is 292 g/mol. The largest absolute Gasteiger partial charge is 0.497 e. The van der Waals surface area contributed by atoms with E-state index in [9.17, 15) is 4.79 Å². The van der Waals surface area contributed by atoms with Crippen molar-refractivity contribution < 1.29 is 14.3 Å². The quantitative estimate of drug-likeness (QED) is 0.836. The molecule has 2 unspecified atom stereocenters. The summed E-state index contributed by atoms with van der Waals surface area (Å²) in [5.74, 6) is 1.62. The van der Waals surface area contributed by atoms with Crippen molar-refractivity contribution >= 4 is 11.6 Å². The highest BCUT2D eigenvalue weighted by atomic mass is 16.5. The van der Waals surface area contributed by atoms with Crippen molar-refractivity contribution in [2.45, 2.75) is 45.2 Å². The number of amides is 1. The average molecular weight is 320 g/mol. The molecule has 5 heteroatoms. The summed E-state index contributed by atoms with van der Waals surface area (Å²) in [4.78, 5) is 16.7. The second-order valence-electron chi connectivity index (χ2n) is 6.32. The molecule has 1 fully saturated rings. The number of hydrogen-bond acceptors (Lipinski definition) is 4. The van der Waals surface area contributed by atoms with Crippen LogP contribution in [0.2, 0.25) is 0 Å². The Bertz CT molecular complexity index is 537. The van der Waals surface area contributed by atoms with Gasteiger partial charge in [0.05, 0.1) is 26.5 Å². The van der Waals surface area contributed by atoms with Gasteiger partial charge in [-0.1, -0.05) is 0 Å². The van der Waals surface area contributed by atoms with Crippen LogP contribution in [-0.2, 0) is 4.79 Å². The van der Waals surface area contributed by atoms with E-state index in [0.717, 1.165) is 24.3 Å². The zero-order valence-corrected chi connectivity index (χ0v) is 14.8. The van der Waals surface area contributed by atoms with Gasteiger partial charge in [-0.15, -0.1) is 0 Å². The van der Waals surface area contributed by atoms with Crippen molar-refractivity contribution in [1.82, 2.24) is 4.90 Å². The lowest BCUT2D eigenvalue weighted by atomic mass is 9.97. The third-order valence-corrected chi connectivity index (χ3v) is 4.65. The van der Waals surface area contributed by atoms with Crippen LogP contribution in [0, 0.1) is 0 Å². The first-order valence-corrected chi connectivity index (χ1v) is 8.22. The minimum absolute atomic E-state index is 0.171. The van der Waals surface area contributed by atoms with Crippen LogP contribution in [0.3, 0.4) is 0 Å². The first-order chi connectivity index (χ1) is 11.0. The van der Waals surface area contributed by atoms with E-state index in [1.54, 1.807) is 14.2 Å². The zero-order chi connectivity index (χ0) is 17.0. The molecule has 0 radical (unpaired) electrons. The Morgan fingerprint density at radius 3 is 2.43 bits per heavy atom. The number of ether oxygens (including phenoxy) is 2. The number of benzene rings is 1. The molecule has 1 saturated heterocycles. The van der Waals surface area contributed by atoms with Gasteiger partial charge in [0, 0.05) is 25.2 Å². The molecule has 2 atom stereocenters. The molecule has 2 rings (SSSR count). The first-order valence-electron chi connectivity index (χ1n) is 8.22. The predicted octanol–water partition coefficient (Wildman–Crippen LogP) is 2.93. The van der Waals surface area contributed by atoms with Crippen molar-refractivity contribution in [3.63, 3.8) is 0 Å². The summed E-state index contributed by atoms with van der Waals surface area (Å²) in [5.41, 5.74) is 0.888. The number of nitrogens with zero attached hydrogens (tertiary/aromatic N) is 2. The van der Waals surface area contributed by atoms with E-state index in [4.69, 9.17) is 9.47 Å². The summed E-state index contributed by atoms with van der Waals surface area (Å²) in [5, 5.41) is 0. The van der Waals surface area contributed by atoms with Gasteiger partial charge in [-0.05, 0) is 45.2 Å². The number of likely N-dealkylation sites (N-methyl/N-ethyl adjacent to an activating group) is 1. The third-order valence-electron chi connectivity index (χ3n) is 4.65. The Balaban J connectivity index is 2.12. The third kappa shape index (κ3) is 3.89. The van der Waals surface area contributed by atoms with E-state index in [1.165, 1.54) is 6.42 Å². The Morgan fingerprint density at radius 2 is 1.87 bits per heavy atom. The van der Waals surface area contributed by atoms with Crippen LogP contribution in [-0.4, -0.2) is 50.7 Å². The summed E-state index contributed by atoms with van der Waals surface area (Å²) >= 11 is 0. The highest BCUT2D eigenvalue weighted by Gasteiger charge is 2.29. The average Bonchev–Trinajstić information content (AvgIpc) is 2.53. The van der Waals surface area contributed by atoms with Gasteiger partial charge in [-0.3, -0.25) is 4.79 Å². The molecule has 0 aliphatic carbocycles. The van der Waals surface area contributed by atoms with Crippen LogP contribution in [0.1, 0.15) is 33.1 Å². The molecule has 1 heterocycles. The number of hydrogen-bond donors (Lipinski definition) is 0. The van der Waals surface area contributed by atoms with Crippen LogP contribution in [0.25, 0.3) is 0 Å². The monoisotopic (exact) mass is 320 g/mol. The lowest BCUT2D eigenvalue weighted by Gasteiger charge is -2.40. The van der Waals surface area contributed by atoms with Gasteiger partial charge >= 0.3 is 0 Å². The van der Waals surface area contributed by atoms with Crippen molar-refractivity contribution in [3.05, 3.63) is 18.2 Å². The predicted molar refractivity (Wildman–Crippen MR) is 92.4 cm³/mol. The van der Waals surface area contributed by atoms with Gasteiger partial charge in [0.2, 0.25) is 5.91 Å². The molecule has 0 spiro atoms. The fraction of sp³-hybridized carbons (Fsp3) is 0.611. The number of piperidine rings is 1. The van der Waals surface area contributed by atoms with Gasteiger partial charge < -0.3 is 19.3 Å². The second kappa shape index (κ2) is 7.57. The summed E-state index contributed by atoms with van der Waals surface area (Å²) in [6, 6.07) is 6.27. The maximum atomic E-state index is 12.7. The number of carbonyl (C=O) groups is 1.